The summed E-state index contributed by atoms with van der Waals surface area (Å²) in [4.78, 5) is 3.07. The zero-order valence-corrected chi connectivity index (χ0v) is 16.5. The van der Waals surface area contributed by atoms with Crippen LogP contribution in [0, 0.1) is 0 Å². The molecule has 1 fully saturated rings. The first-order valence-electron chi connectivity index (χ1n) is 8.65. The van der Waals surface area contributed by atoms with E-state index in [-0.39, 0.29) is 22.9 Å². The molecule has 0 unspecified atom stereocenters. The van der Waals surface area contributed by atoms with Crippen LogP contribution in [0.15, 0.2) is 64.5 Å². The number of nitrogens with one attached hydrogen (secondary N) is 2. The van der Waals surface area contributed by atoms with Crippen LogP contribution in [0.1, 0.15) is 0 Å². The zero-order chi connectivity index (χ0) is 19.8. The standard InChI is InChI=1S/C18H19N3O5S2/c22-27(23,20-18-3-1-2-17-16(18)8-9-19-17)14-4-6-15(7-5-14)28(24,25)21-10-12-26-13-11-21/h1-9,19-20H,10-13H2. The van der Waals surface area contributed by atoms with E-state index in [1.54, 1.807) is 24.4 Å². The Balaban J connectivity index is 1.60. The molecule has 0 atom stereocenters. The Kier molecular flexibility index (Phi) is 4.88. The van der Waals surface area contributed by atoms with Crippen molar-refractivity contribution in [2.45, 2.75) is 9.79 Å². The molecule has 4 rings (SSSR count). The SMILES string of the molecule is O=S(=O)(Nc1cccc2[nH]ccc12)c1ccc(S(=O)(=O)N2CCOCC2)cc1. The van der Waals surface area contributed by atoms with Gasteiger partial charge in [0.25, 0.3) is 10.0 Å². The van der Waals surface area contributed by atoms with E-state index >= 15 is 0 Å². The third kappa shape index (κ3) is 3.51. The van der Waals surface area contributed by atoms with Crippen molar-refractivity contribution in [3.8, 4) is 0 Å². The average molecular weight is 422 g/mol. The van der Waals surface area contributed by atoms with Crippen molar-refractivity contribution < 1.29 is 21.6 Å². The summed E-state index contributed by atoms with van der Waals surface area (Å²) in [5, 5.41) is 0.748. The van der Waals surface area contributed by atoms with Crippen LogP contribution in [0.3, 0.4) is 0 Å². The average Bonchev–Trinajstić information content (AvgIpc) is 3.18. The molecule has 1 aromatic heterocycles. The second kappa shape index (κ2) is 7.21. The minimum atomic E-state index is -3.86. The molecular formula is C18H19N3O5S2. The minimum absolute atomic E-state index is 0.0130. The fraction of sp³-hybridized carbons (Fsp3) is 0.222. The summed E-state index contributed by atoms with van der Waals surface area (Å²) in [7, 11) is -7.53. The van der Waals surface area contributed by atoms with Gasteiger partial charge in [0.2, 0.25) is 10.0 Å². The van der Waals surface area contributed by atoms with Crippen molar-refractivity contribution in [2.24, 2.45) is 0 Å². The van der Waals surface area contributed by atoms with Gasteiger partial charge in [0, 0.05) is 30.2 Å². The summed E-state index contributed by atoms with van der Waals surface area (Å²) >= 11 is 0. The molecule has 0 spiro atoms. The molecule has 1 aliphatic heterocycles. The molecule has 0 radical (unpaired) electrons. The lowest BCUT2D eigenvalue weighted by Crippen LogP contribution is -2.40. The molecule has 0 bridgehead atoms. The van der Waals surface area contributed by atoms with Gasteiger partial charge in [0.15, 0.2) is 0 Å². The predicted molar refractivity (Wildman–Crippen MR) is 105 cm³/mol. The number of hydrogen-bond donors (Lipinski definition) is 2. The van der Waals surface area contributed by atoms with Crippen LogP contribution < -0.4 is 4.72 Å². The van der Waals surface area contributed by atoms with Crippen LogP contribution in [0.5, 0.6) is 0 Å². The highest BCUT2D eigenvalue weighted by Gasteiger charge is 2.27. The van der Waals surface area contributed by atoms with E-state index in [1.165, 1.54) is 28.6 Å². The van der Waals surface area contributed by atoms with E-state index in [2.05, 4.69) is 9.71 Å². The Hall–Kier alpha value is -2.40. The van der Waals surface area contributed by atoms with Crippen LogP contribution in [0.2, 0.25) is 0 Å². The highest BCUT2D eigenvalue weighted by Crippen LogP contribution is 2.26. The molecule has 2 N–H and O–H groups in total. The number of anilines is 1. The van der Waals surface area contributed by atoms with Crippen LogP contribution in [0.4, 0.5) is 5.69 Å². The Morgan fingerprint density at radius 3 is 2.29 bits per heavy atom. The lowest BCUT2D eigenvalue weighted by molar-refractivity contribution is 0.0730. The van der Waals surface area contributed by atoms with Crippen LogP contribution in [-0.2, 0) is 24.8 Å². The Labute approximate surface area is 163 Å². The van der Waals surface area contributed by atoms with Gasteiger partial charge in [-0.3, -0.25) is 4.72 Å². The highest BCUT2D eigenvalue weighted by molar-refractivity contribution is 7.92. The van der Waals surface area contributed by atoms with E-state index in [4.69, 9.17) is 4.74 Å². The third-order valence-corrected chi connectivity index (χ3v) is 7.88. The molecule has 2 aromatic carbocycles. The van der Waals surface area contributed by atoms with E-state index < -0.39 is 20.0 Å². The van der Waals surface area contributed by atoms with Gasteiger partial charge < -0.3 is 9.72 Å². The summed E-state index contributed by atoms with van der Waals surface area (Å²) < 4.78 is 59.9. The molecule has 0 amide bonds. The number of rotatable bonds is 5. The summed E-state index contributed by atoms with van der Waals surface area (Å²) in [5.74, 6) is 0. The number of ether oxygens (including phenoxy) is 1. The van der Waals surface area contributed by atoms with Crippen molar-refractivity contribution in [1.82, 2.24) is 9.29 Å². The van der Waals surface area contributed by atoms with E-state index in [0.717, 1.165) is 10.9 Å². The fourth-order valence-electron chi connectivity index (χ4n) is 3.10. The largest absolute Gasteiger partial charge is 0.379 e. The Bertz CT molecular complexity index is 1200. The second-order valence-corrected chi connectivity index (χ2v) is 9.96. The van der Waals surface area contributed by atoms with Crippen LogP contribution in [-0.4, -0.2) is 52.4 Å². The van der Waals surface area contributed by atoms with Crippen molar-refractivity contribution in [3.63, 3.8) is 0 Å². The number of sulfonamides is 2. The molecule has 2 heterocycles. The van der Waals surface area contributed by atoms with E-state index in [9.17, 15) is 16.8 Å². The molecule has 3 aromatic rings. The quantitative estimate of drug-likeness (QED) is 0.655. The first-order chi connectivity index (χ1) is 13.4. The van der Waals surface area contributed by atoms with Crippen molar-refractivity contribution in [3.05, 3.63) is 54.7 Å². The first-order valence-corrected chi connectivity index (χ1v) is 11.6. The fourth-order valence-corrected chi connectivity index (χ4v) is 5.59. The van der Waals surface area contributed by atoms with Gasteiger partial charge >= 0.3 is 0 Å². The monoisotopic (exact) mass is 421 g/mol. The number of nitrogens with zero attached hydrogens (tertiary/aromatic N) is 1. The summed E-state index contributed by atoms with van der Waals surface area (Å²) in [6, 6.07) is 12.3. The lowest BCUT2D eigenvalue weighted by atomic mass is 10.2. The maximum Gasteiger partial charge on any atom is 0.261 e. The number of morpholine rings is 1. The number of H-pyrrole nitrogens is 1. The number of aromatic nitrogens is 1. The Morgan fingerprint density at radius 2 is 1.57 bits per heavy atom. The molecule has 0 aliphatic carbocycles. The predicted octanol–water partition coefficient (Wildman–Crippen LogP) is 1.99. The molecular weight excluding hydrogens is 402 g/mol. The topological polar surface area (TPSA) is 109 Å². The second-order valence-electron chi connectivity index (χ2n) is 6.34. The Morgan fingerprint density at radius 1 is 0.893 bits per heavy atom. The zero-order valence-electron chi connectivity index (χ0n) is 14.8. The van der Waals surface area contributed by atoms with Crippen molar-refractivity contribution in [2.75, 3.05) is 31.0 Å². The molecule has 1 aliphatic rings. The van der Waals surface area contributed by atoms with Gasteiger partial charge in [-0.25, -0.2) is 16.8 Å². The van der Waals surface area contributed by atoms with Crippen LogP contribution in [0.25, 0.3) is 10.9 Å². The summed E-state index contributed by atoms with van der Waals surface area (Å²) in [6.07, 6.45) is 1.73. The lowest BCUT2D eigenvalue weighted by Gasteiger charge is -2.26. The molecule has 1 saturated heterocycles. The number of hydrogen-bond acceptors (Lipinski definition) is 5. The van der Waals surface area contributed by atoms with Gasteiger partial charge in [-0.1, -0.05) is 6.07 Å². The molecule has 148 valence electrons. The maximum absolute atomic E-state index is 12.7. The van der Waals surface area contributed by atoms with Crippen molar-refractivity contribution >= 4 is 36.6 Å². The maximum atomic E-state index is 12.7. The minimum Gasteiger partial charge on any atom is -0.379 e. The summed E-state index contributed by atoms with van der Waals surface area (Å²) in [6.45, 7) is 1.26. The van der Waals surface area contributed by atoms with Gasteiger partial charge in [-0.2, -0.15) is 4.31 Å². The molecule has 10 heteroatoms. The van der Waals surface area contributed by atoms with Crippen LogP contribution >= 0.6 is 0 Å². The van der Waals surface area contributed by atoms with Gasteiger partial charge in [0.05, 0.1) is 28.7 Å². The third-order valence-electron chi connectivity index (χ3n) is 4.58. The number of aromatic amines is 1. The number of fused-ring (bicyclic) bond motifs is 1. The smallest absolute Gasteiger partial charge is 0.261 e. The molecule has 8 nitrogen and oxygen atoms in total. The van der Waals surface area contributed by atoms with Gasteiger partial charge in [-0.05, 0) is 42.5 Å². The molecule has 28 heavy (non-hydrogen) atoms. The van der Waals surface area contributed by atoms with E-state index in [1.807, 2.05) is 6.07 Å². The van der Waals surface area contributed by atoms with Gasteiger partial charge in [-0.15, -0.1) is 0 Å². The normalized spacial score (nSPS) is 16.3. The molecule has 0 saturated carbocycles. The van der Waals surface area contributed by atoms with Gasteiger partial charge in [0.1, 0.15) is 0 Å². The van der Waals surface area contributed by atoms with Crippen molar-refractivity contribution in [1.29, 1.82) is 0 Å². The summed E-state index contributed by atoms with van der Waals surface area (Å²) in [5.41, 5.74) is 1.26. The van der Waals surface area contributed by atoms with E-state index in [0.29, 0.717) is 18.9 Å². The number of benzene rings is 2. The highest BCUT2D eigenvalue weighted by atomic mass is 32.2. The first kappa shape index (κ1) is 18.9.